The quantitative estimate of drug-likeness (QED) is 0.568. The molecule has 0 bridgehead atoms. The molecule has 3 amide bonds. The van der Waals surface area contributed by atoms with Crippen molar-refractivity contribution in [3.63, 3.8) is 0 Å². The van der Waals surface area contributed by atoms with Crippen molar-refractivity contribution in [1.82, 2.24) is 20.1 Å². The fraction of sp³-hybridized carbons (Fsp3) is 0.474. The Morgan fingerprint density at radius 3 is 2.57 bits per heavy atom. The lowest BCUT2D eigenvalue weighted by molar-refractivity contribution is -0.117. The average molecular weight is 497 g/mol. The van der Waals surface area contributed by atoms with E-state index >= 15 is 0 Å². The van der Waals surface area contributed by atoms with Gasteiger partial charge in [-0.25, -0.2) is 4.79 Å². The topological polar surface area (TPSA) is 101 Å². The number of urea groups is 1. The van der Waals surface area contributed by atoms with Crippen LogP contribution in [-0.4, -0.2) is 58.8 Å². The Hall–Kier alpha value is -2.11. The molecule has 0 spiro atoms. The molecule has 1 aromatic heterocycles. The van der Waals surface area contributed by atoms with Gasteiger partial charge >= 0.3 is 6.03 Å². The summed E-state index contributed by atoms with van der Waals surface area (Å²) < 4.78 is 8.36. The first-order valence-electron chi connectivity index (χ1n) is 9.67. The van der Waals surface area contributed by atoms with Crippen molar-refractivity contribution in [2.24, 2.45) is 5.92 Å². The van der Waals surface area contributed by atoms with Gasteiger partial charge in [0.05, 0.1) is 19.0 Å². The number of hydrogen-bond acceptors (Lipinski definition) is 7. The van der Waals surface area contributed by atoms with Crippen molar-refractivity contribution in [1.29, 1.82) is 0 Å². The number of halogens is 1. The number of aromatic nitrogens is 3. The maximum atomic E-state index is 12.2. The molecule has 0 aliphatic carbocycles. The van der Waals surface area contributed by atoms with Crippen molar-refractivity contribution in [3.05, 3.63) is 28.7 Å². The zero-order valence-electron chi connectivity index (χ0n) is 16.9. The molecule has 0 saturated carbocycles. The van der Waals surface area contributed by atoms with Crippen molar-refractivity contribution in [2.45, 2.75) is 25.5 Å². The van der Waals surface area contributed by atoms with Crippen LogP contribution in [0.1, 0.15) is 13.8 Å². The lowest BCUT2D eigenvalue weighted by Crippen LogP contribution is -2.38. The Morgan fingerprint density at radius 2 is 1.90 bits per heavy atom. The highest BCUT2D eigenvalue weighted by Crippen LogP contribution is 2.24. The third-order valence-corrected chi connectivity index (χ3v) is 5.72. The molecule has 1 aliphatic rings. The molecular weight excluding hydrogens is 472 g/mol. The van der Waals surface area contributed by atoms with Crippen LogP contribution in [0.25, 0.3) is 0 Å². The first-order valence-corrected chi connectivity index (χ1v) is 11.5. The summed E-state index contributed by atoms with van der Waals surface area (Å²) in [6.07, 6.45) is 0. The number of anilines is 2. The van der Waals surface area contributed by atoms with E-state index in [1.165, 1.54) is 11.8 Å². The molecule has 2 N–H and O–H groups in total. The lowest BCUT2D eigenvalue weighted by Gasteiger charge is -2.28. The van der Waals surface area contributed by atoms with E-state index in [0.717, 1.165) is 30.1 Å². The molecular formula is C19H25BrN6O3S. The van der Waals surface area contributed by atoms with E-state index in [1.54, 1.807) is 24.3 Å². The van der Waals surface area contributed by atoms with Crippen LogP contribution >= 0.6 is 27.7 Å². The van der Waals surface area contributed by atoms with Crippen LogP contribution in [0.15, 0.2) is 33.9 Å². The normalized spacial score (nSPS) is 14.1. The van der Waals surface area contributed by atoms with Crippen LogP contribution in [0.5, 0.6) is 0 Å². The van der Waals surface area contributed by atoms with Gasteiger partial charge in [-0.1, -0.05) is 41.5 Å². The van der Waals surface area contributed by atoms with Gasteiger partial charge in [0.25, 0.3) is 0 Å². The highest BCUT2D eigenvalue weighted by Gasteiger charge is 2.22. The van der Waals surface area contributed by atoms with Gasteiger partial charge in [-0.05, 0) is 30.2 Å². The second-order valence-corrected chi connectivity index (χ2v) is 9.04. The predicted octanol–water partition coefficient (Wildman–Crippen LogP) is 2.97. The van der Waals surface area contributed by atoms with Crippen LogP contribution in [0, 0.1) is 5.92 Å². The van der Waals surface area contributed by atoms with Crippen molar-refractivity contribution in [3.8, 4) is 0 Å². The molecule has 3 rings (SSSR count). The molecule has 30 heavy (non-hydrogen) atoms. The Morgan fingerprint density at radius 1 is 1.20 bits per heavy atom. The number of imide groups is 1. The average Bonchev–Trinajstić information content (AvgIpc) is 3.10. The summed E-state index contributed by atoms with van der Waals surface area (Å²) in [5, 5.41) is 14.3. The summed E-state index contributed by atoms with van der Waals surface area (Å²) in [5.74, 6) is 0.850. The van der Waals surface area contributed by atoms with Gasteiger partial charge in [0.15, 0.2) is 5.16 Å². The first-order chi connectivity index (χ1) is 14.4. The van der Waals surface area contributed by atoms with Crippen LogP contribution in [0.3, 0.4) is 0 Å². The molecule has 1 aromatic carbocycles. The molecule has 2 aromatic rings. The number of carbonyl (C=O) groups excluding carboxylic acids is 2. The Balaban J connectivity index is 1.57. The van der Waals surface area contributed by atoms with Gasteiger partial charge in [-0.15, -0.1) is 10.2 Å². The molecule has 0 radical (unpaired) electrons. The number of amides is 3. The number of nitrogens with one attached hydrogen (secondary N) is 2. The zero-order chi connectivity index (χ0) is 21.5. The fourth-order valence-corrected chi connectivity index (χ4v) is 3.91. The van der Waals surface area contributed by atoms with E-state index in [2.05, 4.69) is 55.5 Å². The number of nitrogens with zero attached hydrogens (tertiary/aromatic N) is 4. The van der Waals surface area contributed by atoms with Crippen molar-refractivity contribution in [2.75, 3.05) is 42.3 Å². The number of rotatable bonds is 7. The van der Waals surface area contributed by atoms with Crippen LogP contribution in [-0.2, 0) is 16.1 Å². The predicted molar refractivity (Wildman–Crippen MR) is 120 cm³/mol. The molecule has 162 valence electrons. The monoisotopic (exact) mass is 496 g/mol. The molecule has 9 nitrogen and oxygen atoms in total. The van der Waals surface area contributed by atoms with E-state index in [1.807, 2.05) is 4.57 Å². The van der Waals surface area contributed by atoms with E-state index in [0.29, 0.717) is 30.0 Å². The Bertz CT molecular complexity index is 868. The zero-order valence-corrected chi connectivity index (χ0v) is 19.3. The van der Waals surface area contributed by atoms with Gasteiger partial charge in [-0.3, -0.25) is 14.7 Å². The third-order valence-electron chi connectivity index (χ3n) is 4.23. The summed E-state index contributed by atoms with van der Waals surface area (Å²) in [7, 11) is 0. The Labute approximate surface area is 188 Å². The van der Waals surface area contributed by atoms with Crippen LogP contribution < -0.4 is 15.5 Å². The highest BCUT2D eigenvalue weighted by molar-refractivity contribution is 9.10. The number of benzene rings is 1. The van der Waals surface area contributed by atoms with Crippen molar-refractivity contribution >= 4 is 51.3 Å². The maximum Gasteiger partial charge on any atom is 0.325 e. The molecule has 1 aliphatic heterocycles. The van der Waals surface area contributed by atoms with Gasteiger partial charge < -0.3 is 15.0 Å². The van der Waals surface area contributed by atoms with Gasteiger partial charge in [0.2, 0.25) is 11.9 Å². The second-order valence-electron chi connectivity index (χ2n) is 7.18. The smallest absolute Gasteiger partial charge is 0.325 e. The molecule has 1 fully saturated rings. The second kappa shape index (κ2) is 10.8. The largest absolute Gasteiger partial charge is 0.378 e. The van der Waals surface area contributed by atoms with Crippen molar-refractivity contribution < 1.29 is 14.3 Å². The molecule has 0 atom stereocenters. The maximum absolute atomic E-state index is 12.2. The van der Waals surface area contributed by atoms with Crippen LogP contribution in [0.2, 0.25) is 0 Å². The standard InChI is InChI=1S/C19H25BrN6O3S/c1-13(2)11-26-18(25-7-9-29-10-8-25)23-24-19(26)30-12-16(27)22-17(28)21-15-5-3-14(20)4-6-15/h3-6,13H,7-12H2,1-2H3,(H2,21,22,27,28). The first kappa shape index (κ1) is 22.6. The third kappa shape index (κ3) is 6.44. The number of ether oxygens (including phenoxy) is 1. The summed E-state index contributed by atoms with van der Waals surface area (Å²) in [4.78, 5) is 26.4. The van der Waals surface area contributed by atoms with Crippen LogP contribution in [0.4, 0.5) is 16.4 Å². The SMILES string of the molecule is CC(C)Cn1c(SCC(=O)NC(=O)Nc2ccc(Br)cc2)nnc1N1CCOCC1. The number of carbonyl (C=O) groups is 2. The van der Waals surface area contributed by atoms with E-state index in [9.17, 15) is 9.59 Å². The number of morpholine rings is 1. The summed E-state index contributed by atoms with van der Waals surface area (Å²) >= 11 is 4.60. The highest BCUT2D eigenvalue weighted by atomic mass is 79.9. The molecule has 0 unspecified atom stereocenters. The minimum absolute atomic E-state index is 0.0626. The summed E-state index contributed by atoms with van der Waals surface area (Å²) in [6, 6.07) is 6.52. The van der Waals surface area contributed by atoms with Gasteiger partial charge in [0.1, 0.15) is 0 Å². The molecule has 11 heteroatoms. The van der Waals surface area contributed by atoms with Gasteiger partial charge in [-0.2, -0.15) is 0 Å². The molecule has 1 saturated heterocycles. The summed E-state index contributed by atoms with van der Waals surface area (Å²) in [6.45, 7) is 7.83. The molecule has 2 heterocycles. The summed E-state index contributed by atoms with van der Waals surface area (Å²) in [5.41, 5.74) is 0.600. The Kier molecular flexibility index (Phi) is 8.11. The minimum atomic E-state index is -0.569. The fourth-order valence-electron chi connectivity index (χ4n) is 2.90. The van der Waals surface area contributed by atoms with E-state index in [4.69, 9.17) is 4.74 Å². The van der Waals surface area contributed by atoms with Gasteiger partial charge in [0, 0.05) is 29.8 Å². The van der Waals surface area contributed by atoms with E-state index < -0.39 is 11.9 Å². The number of thioether (sulfide) groups is 1. The lowest BCUT2D eigenvalue weighted by atomic mass is 10.2. The minimum Gasteiger partial charge on any atom is -0.378 e. The number of hydrogen-bond donors (Lipinski definition) is 2. The van der Waals surface area contributed by atoms with E-state index in [-0.39, 0.29) is 5.75 Å².